The maximum Gasteiger partial charge on any atom is 0.355 e. The van der Waals surface area contributed by atoms with Gasteiger partial charge in [0.15, 0.2) is 0 Å². The molecular formula is C28H36ClN3O3. The SMILES string of the molecule is CC.CCOC(=O)c1[nH]c2cc(Cl)ccc2c1C(NCc1ccccc1)C(=O)NC1CCCCC1. The van der Waals surface area contributed by atoms with Crippen LogP contribution in [0, 0.1) is 0 Å². The minimum atomic E-state index is -0.735. The molecule has 1 saturated carbocycles. The molecule has 188 valence electrons. The molecule has 1 aliphatic carbocycles. The number of carbonyl (C=O) groups excluding carboxylic acids is 2. The van der Waals surface area contributed by atoms with Gasteiger partial charge in [0.1, 0.15) is 11.7 Å². The summed E-state index contributed by atoms with van der Waals surface area (Å²) < 4.78 is 5.31. The molecule has 0 aliphatic heterocycles. The number of rotatable bonds is 8. The van der Waals surface area contributed by atoms with E-state index in [1.165, 1.54) is 6.42 Å². The first-order valence-electron chi connectivity index (χ1n) is 12.6. The van der Waals surface area contributed by atoms with Crippen molar-refractivity contribution in [2.24, 2.45) is 0 Å². The van der Waals surface area contributed by atoms with Crippen molar-refractivity contribution in [2.45, 2.75) is 71.5 Å². The van der Waals surface area contributed by atoms with Gasteiger partial charge in [-0.3, -0.25) is 10.1 Å². The Balaban J connectivity index is 0.00000167. The highest BCUT2D eigenvalue weighted by Crippen LogP contribution is 2.32. The quantitative estimate of drug-likeness (QED) is 0.319. The van der Waals surface area contributed by atoms with Gasteiger partial charge in [-0.25, -0.2) is 4.79 Å². The molecule has 2 aromatic carbocycles. The number of esters is 1. The third-order valence-corrected chi connectivity index (χ3v) is 6.37. The van der Waals surface area contributed by atoms with Crippen molar-refractivity contribution in [3.8, 4) is 0 Å². The van der Waals surface area contributed by atoms with Crippen LogP contribution in [0.5, 0.6) is 0 Å². The summed E-state index contributed by atoms with van der Waals surface area (Å²) in [6.07, 6.45) is 5.40. The molecule has 1 heterocycles. The maximum atomic E-state index is 13.6. The molecule has 1 fully saturated rings. The number of H-pyrrole nitrogens is 1. The first kappa shape index (κ1) is 26.8. The largest absolute Gasteiger partial charge is 0.461 e. The Morgan fingerprint density at radius 3 is 2.49 bits per heavy atom. The van der Waals surface area contributed by atoms with E-state index in [0.717, 1.165) is 36.6 Å². The number of ether oxygens (including phenoxy) is 1. The molecule has 6 nitrogen and oxygen atoms in total. The lowest BCUT2D eigenvalue weighted by atomic mass is 9.94. The fourth-order valence-electron chi connectivity index (χ4n) is 4.53. The third-order valence-electron chi connectivity index (χ3n) is 6.14. The van der Waals surface area contributed by atoms with Crippen molar-refractivity contribution in [1.82, 2.24) is 15.6 Å². The van der Waals surface area contributed by atoms with Crippen LogP contribution in [0.25, 0.3) is 10.9 Å². The molecule has 3 N–H and O–H groups in total. The van der Waals surface area contributed by atoms with E-state index in [-0.39, 0.29) is 24.2 Å². The average Bonchev–Trinajstić information content (AvgIpc) is 3.25. The van der Waals surface area contributed by atoms with Crippen molar-refractivity contribution in [3.63, 3.8) is 0 Å². The lowest BCUT2D eigenvalue weighted by Gasteiger charge is -2.26. The predicted molar refractivity (Wildman–Crippen MR) is 142 cm³/mol. The van der Waals surface area contributed by atoms with Crippen LogP contribution in [0.1, 0.15) is 80.5 Å². The number of aromatic nitrogens is 1. The third kappa shape index (κ3) is 6.86. The van der Waals surface area contributed by atoms with Crippen LogP contribution in [0.3, 0.4) is 0 Å². The number of halogens is 1. The van der Waals surface area contributed by atoms with Gasteiger partial charge in [0.05, 0.1) is 6.61 Å². The second-order valence-electron chi connectivity index (χ2n) is 8.47. The zero-order chi connectivity index (χ0) is 25.2. The van der Waals surface area contributed by atoms with E-state index in [0.29, 0.717) is 22.6 Å². The molecule has 35 heavy (non-hydrogen) atoms. The zero-order valence-corrected chi connectivity index (χ0v) is 21.6. The average molecular weight is 498 g/mol. The van der Waals surface area contributed by atoms with E-state index < -0.39 is 12.0 Å². The summed E-state index contributed by atoms with van der Waals surface area (Å²) in [6, 6.07) is 14.7. The topological polar surface area (TPSA) is 83.2 Å². The van der Waals surface area contributed by atoms with Crippen molar-refractivity contribution >= 4 is 34.4 Å². The second kappa shape index (κ2) is 13.3. The molecule has 1 unspecified atom stereocenters. The molecule has 1 atom stereocenters. The van der Waals surface area contributed by atoms with Gasteiger partial charge in [-0.2, -0.15) is 0 Å². The number of aromatic amines is 1. The normalized spacial score (nSPS) is 14.6. The molecule has 7 heteroatoms. The van der Waals surface area contributed by atoms with Gasteiger partial charge in [-0.05, 0) is 37.5 Å². The highest BCUT2D eigenvalue weighted by molar-refractivity contribution is 6.31. The number of fused-ring (bicyclic) bond motifs is 1. The van der Waals surface area contributed by atoms with Crippen LogP contribution in [0.4, 0.5) is 0 Å². The Morgan fingerprint density at radius 1 is 1.09 bits per heavy atom. The summed E-state index contributed by atoms with van der Waals surface area (Å²) >= 11 is 6.20. The minimum absolute atomic E-state index is 0.140. The lowest BCUT2D eigenvalue weighted by Crippen LogP contribution is -2.43. The number of hydrogen-bond donors (Lipinski definition) is 3. The van der Waals surface area contributed by atoms with Crippen LogP contribution < -0.4 is 10.6 Å². The molecule has 0 radical (unpaired) electrons. The number of nitrogens with one attached hydrogen (secondary N) is 3. The lowest BCUT2D eigenvalue weighted by molar-refractivity contribution is -0.124. The van der Waals surface area contributed by atoms with Crippen molar-refractivity contribution in [3.05, 3.63) is 70.4 Å². The fraction of sp³-hybridized carbons (Fsp3) is 0.429. The zero-order valence-electron chi connectivity index (χ0n) is 20.8. The van der Waals surface area contributed by atoms with Crippen molar-refractivity contribution in [2.75, 3.05) is 6.61 Å². The van der Waals surface area contributed by atoms with Gasteiger partial charge in [0.2, 0.25) is 5.91 Å². The Kier molecular flexibility index (Phi) is 10.2. The van der Waals surface area contributed by atoms with Gasteiger partial charge in [0.25, 0.3) is 0 Å². The highest BCUT2D eigenvalue weighted by atomic mass is 35.5. The van der Waals surface area contributed by atoms with E-state index in [2.05, 4.69) is 15.6 Å². The summed E-state index contributed by atoms with van der Waals surface area (Å²) in [5.41, 5.74) is 2.61. The van der Waals surface area contributed by atoms with Crippen LogP contribution in [-0.4, -0.2) is 29.5 Å². The number of carbonyl (C=O) groups is 2. The highest BCUT2D eigenvalue weighted by Gasteiger charge is 2.31. The molecule has 1 aliphatic rings. The Morgan fingerprint density at radius 2 is 1.80 bits per heavy atom. The van der Waals surface area contributed by atoms with E-state index in [4.69, 9.17) is 16.3 Å². The summed E-state index contributed by atoms with van der Waals surface area (Å²) in [5.74, 6) is -0.629. The van der Waals surface area contributed by atoms with Gasteiger partial charge >= 0.3 is 5.97 Å². The Hall–Kier alpha value is -2.83. The summed E-state index contributed by atoms with van der Waals surface area (Å²) in [6.45, 7) is 6.48. The molecular weight excluding hydrogens is 462 g/mol. The molecule has 0 bridgehead atoms. The Labute approximate surface area is 212 Å². The first-order valence-corrected chi connectivity index (χ1v) is 13.0. The molecule has 4 rings (SSSR count). The number of hydrogen-bond acceptors (Lipinski definition) is 4. The summed E-state index contributed by atoms with van der Waals surface area (Å²) in [4.78, 5) is 29.6. The van der Waals surface area contributed by atoms with Gasteiger partial charge in [-0.15, -0.1) is 0 Å². The predicted octanol–water partition coefficient (Wildman–Crippen LogP) is 6.30. The van der Waals surface area contributed by atoms with Crippen LogP contribution in [0.2, 0.25) is 5.02 Å². The van der Waals surface area contributed by atoms with Crippen LogP contribution >= 0.6 is 11.6 Å². The maximum absolute atomic E-state index is 13.6. The fourth-order valence-corrected chi connectivity index (χ4v) is 4.70. The van der Waals surface area contributed by atoms with Gasteiger partial charge < -0.3 is 15.0 Å². The summed E-state index contributed by atoms with van der Waals surface area (Å²) in [7, 11) is 0. The smallest absolute Gasteiger partial charge is 0.355 e. The molecule has 0 spiro atoms. The number of benzene rings is 2. The summed E-state index contributed by atoms with van der Waals surface area (Å²) in [5, 5.41) is 7.94. The van der Waals surface area contributed by atoms with Crippen molar-refractivity contribution in [1.29, 1.82) is 0 Å². The first-order chi connectivity index (χ1) is 17.1. The van der Waals surface area contributed by atoms with E-state index in [1.54, 1.807) is 19.1 Å². The molecule has 3 aromatic rings. The van der Waals surface area contributed by atoms with E-state index in [9.17, 15) is 9.59 Å². The minimum Gasteiger partial charge on any atom is -0.461 e. The molecule has 1 aromatic heterocycles. The molecule has 1 amide bonds. The molecule has 0 saturated heterocycles. The number of amides is 1. The van der Waals surface area contributed by atoms with Crippen molar-refractivity contribution < 1.29 is 14.3 Å². The van der Waals surface area contributed by atoms with E-state index >= 15 is 0 Å². The van der Waals surface area contributed by atoms with E-state index in [1.807, 2.05) is 50.2 Å². The van der Waals surface area contributed by atoms with Gasteiger partial charge in [-0.1, -0.05) is 81.1 Å². The standard InChI is InChI=1S/C26H30ClN3O3.C2H6/c1-2-33-26(32)24-22(20-14-13-18(27)15-21(20)30-24)23(28-16-17-9-5-3-6-10-17)25(31)29-19-11-7-4-8-12-19;1-2/h3,5-6,9-10,13-15,19,23,28,30H,2,4,7-8,11-12,16H2,1H3,(H,29,31);1-2H3. The van der Waals surface area contributed by atoms with Gasteiger partial charge in [0, 0.05) is 34.1 Å². The second-order valence-corrected chi connectivity index (χ2v) is 8.90. The Bertz CT molecular complexity index is 1110. The monoisotopic (exact) mass is 497 g/mol. The van der Waals surface area contributed by atoms with Crippen LogP contribution in [-0.2, 0) is 16.1 Å². The van der Waals surface area contributed by atoms with Crippen LogP contribution in [0.15, 0.2) is 48.5 Å².